The highest BCUT2D eigenvalue weighted by molar-refractivity contribution is 6.03. The molecule has 0 radical (unpaired) electrons. The van der Waals surface area contributed by atoms with Crippen LogP contribution in [0.3, 0.4) is 0 Å². The standard InChI is InChI=1S/C20H20N2O6/c1-4-15(19(23)22-14-9-8-12(25-2)10-17(14)26-3)28-20(24)13-6-5-7-16-18(13)21-11-27-16/h5-11,15H,4H2,1-3H3,(H,22,23). The van der Waals surface area contributed by atoms with Crippen LogP contribution in [0.5, 0.6) is 11.5 Å². The van der Waals surface area contributed by atoms with Gasteiger partial charge in [0, 0.05) is 6.07 Å². The number of aromatic nitrogens is 1. The van der Waals surface area contributed by atoms with Crippen LogP contribution in [0.25, 0.3) is 11.1 Å². The summed E-state index contributed by atoms with van der Waals surface area (Å²) in [4.78, 5) is 29.2. The normalized spacial score (nSPS) is 11.7. The molecular formula is C20H20N2O6. The van der Waals surface area contributed by atoms with E-state index in [-0.39, 0.29) is 5.56 Å². The highest BCUT2D eigenvalue weighted by atomic mass is 16.5. The maximum Gasteiger partial charge on any atom is 0.341 e. The maximum absolute atomic E-state index is 12.6. The second-order valence-corrected chi connectivity index (χ2v) is 5.86. The number of hydrogen-bond donors (Lipinski definition) is 1. The maximum atomic E-state index is 12.6. The van der Waals surface area contributed by atoms with Gasteiger partial charge in [-0.05, 0) is 30.7 Å². The summed E-state index contributed by atoms with van der Waals surface area (Å²) in [5.74, 6) is -0.0925. The van der Waals surface area contributed by atoms with Crippen molar-refractivity contribution < 1.29 is 28.2 Å². The van der Waals surface area contributed by atoms with Crippen molar-refractivity contribution in [3.63, 3.8) is 0 Å². The van der Waals surface area contributed by atoms with E-state index >= 15 is 0 Å². The van der Waals surface area contributed by atoms with Gasteiger partial charge < -0.3 is 23.9 Å². The smallest absolute Gasteiger partial charge is 0.341 e. The Morgan fingerprint density at radius 3 is 2.71 bits per heavy atom. The molecule has 1 N–H and O–H groups in total. The first-order valence-electron chi connectivity index (χ1n) is 8.63. The molecule has 0 fully saturated rings. The predicted molar refractivity (Wildman–Crippen MR) is 102 cm³/mol. The van der Waals surface area contributed by atoms with Crippen LogP contribution in [0.2, 0.25) is 0 Å². The zero-order valence-corrected chi connectivity index (χ0v) is 15.7. The number of benzene rings is 2. The number of carbonyl (C=O) groups excluding carboxylic acids is 2. The van der Waals surface area contributed by atoms with E-state index < -0.39 is 18.0 Å². The molecule has 3 aromatic rings. The number of nitrogens with zero attached hydrogens (tertiary/aromatic N) is 1. The van der Waals surface area contributed by atoms with E-state index in [1.54, 1.807) is 43.3 Å². The molecule has 0 aliphatic heterocycles. The van der Waals surface area contributed by atoms with Gasteiger partial charge >= 0.3 is 5.97 Å². The number of para-hydroxylation sites is 1. The zero-order chi connectivity index (χ0) is 20.1. The lowest BCUT2D eigenvalue weighted by atomic mass is 10.2. The van der Waals surface area contributed by atoms with E-state index in [1.807, 2.05) is 0 Å². The third-order valence-electron chi connectivity index (χ3n) is 4.16. The topological polar surface area (TPSA) is 99.9 Å². The minimum Gasteiger partial charge on any atom is -0.497 e. The fourth-order valence-corrected chi connectivity index (χ4v) is 2.68. The quantitative estimate of drug-likeness (QED) is 0.623. The molecule has 0 saturated carbocycles. The van der Waals surface area contributed by atoms with Gasteiger partial charge in [-0.3, -0.25) is 4.79 Å². The van der Waals surface area contributed by atoms with Crippen molar-refractivity contribution in [1.82, 2.24) is 4.98 Å². The summed E-state index contributed by atoms with van der Waals surface area (Å²) in [6.45, 7) is 1.75. The highest BCUT2D eigenvalue weighted by Gasteiger charge is 2.24. The molecule has 0 saturated heterocycles. The fourth-order valence-electron chi connectivity index (χ4n) is 2.68. The second kappa shape index (κ2) is 8.43. The Balaban J connectivity index is 1.75. The number of nitrogens with one attached hydrogen (secondary N) is 1. The van der Waals surface area contributed by atoms with Gasteiger partial charge in [0.05, 0.1) is 25.5 Å². The third kappa shape index (κ3) is 3.90. The second-order valence-electron chi connectivity index (χ2n) is 5.86. The van der Waals surface area contributed by atoms with Crippen LogP contribution in [-0.2, 0) is 9.53 Å². The lowest BCUT2D eigenvalue weighted by Gasteiger charge is -2.17. The van der Waals surface area contributed by atoms with E-state index in [2.05, 4.69) is 10.3 Å². The molecule has 146 valence electrons. The van der Waals surface area contributed by atoms with Crippen LogP contribution < -0.4 is 14.8 Å². The zero-order valence-electron chi connectivity index (χ0n) is 15.7. The van der Waals surface area contributed by atoms with Crippen molar-refractivity contribution in [3.8, 4) is 11.5 Å². The molecule has 28 heavy (non-hydrogen) atoms. The summed E-state index contributed by atoms with van der Waals surface area (Å²) in [5.41, 5.74) is 1.54. The molecule has 8 heteroatoms. The van der Waals surface area contributed by atoms with E-state index in [9.17, 15) is 9.59 Å². The van der Waals surface area contributed by atoms with Gasteiger partial charge in [-0.25, -0.2) is 9.78 Å². The van der Waals surface area contributed by atoms with Crippen molar-refractivity contribution in [2.75, 3.05) is 19.5 Å². The highest BCUT2D eigenvalue weighted by Crippen LogP contribution is 2.29. The number of rotatable bonds is 7. The van der Waals surface area contributed by atoms with Gasteiger partial charge in [-0.15, -0.1) is 0 Å². The van der Waals surface area contributed by atoms with Crippen LogP contribution in [0.1, 0.15) is 23.7 Å². The number of oxazole rings is 1. The molecule has 0 aliphatic carbocycles. The molecular weight excluding hydrogens is 364 g/mol. The number of ether oxygens (including phenoxy) is 3. The summed E-state index contributed by atoms with van der Waals surface area (Å²) in [6.07, 6.45) is 0.563. The summed E-state index contributed by atoms with van der Waals surface area (Å²) >= 11 is 0. The number of esters is 1. The Morgan fingerprint density at radius 2 is 2.00 bits per heavy atom. The van der Waals surface area contributed by atoms with Crippen LogP contribution in [0.4, 0.5) is 5.69 Å². The van der Waals surface area contributed by atoms with E-state index in [4.69, 9.17) is 18.6 Å². The molecule has 0 aliphatic rings. The van der Waals surface area contributed by atoms with Gasteiger partial charge in [0.2, 0.25) is 0 Å². The Hall–Kier alpha value is -3.55. The third-order valence-corrected chi connectivity index (χ3v) is 4.16. The molecule has 3 rings (SSSR count). The molecule has 0 spiro atoms. The van der Waals surface area contributed by atoms with E-state index in [0.29, 0.717) is 34.7 Å². The Kier molecular flexibility index (Phi) is 5.78. The van der Waals surface area contributed by atoms with Gasteiger partial charge in [-0.2, -0.15) is 0 Å². The Bertz CT molecular complexity index is 997. The van der Waals surface area contributed by atoms with E-state index in [1.165, 1.54) is 20.6 Å². The Labute approximate surface area is 161 Å². The first-order chi connectivity index (χ1) is 13.6. The number of anilines is 1. The monoisotopic (exact) mass is 384 g/mol. The van der Waals surface area contributed by atoms with Crippen LogP contribution in [-0.4, -0.2) is 37.2 Å². The van der Waals surface area contributed by atoms with Crippen LogP contribution >= 0.6 is 0 Å². The molecule has 8 nitrogen and oxygen atoms in total. The van der Waals surface area contributed by atoms with Gasteiger partial charge in [0.15, 0.2) is 18.1 Å². The number of amides is 1. The van der Waals surface area contributed by atoms with Crippen molar-refractivity contribution in [3.05, 3.63) is 48.4 Å². The minimum atomic E-state index is -0.985. The van der Waals surface area contributed by atoms with Gasteiger partial charge in [-0.1, -0.05) is 13.0 Å². The van der Waals surface area contributed by atoms with Gasteiger partial charge in [0.1, 0.15) is 17.0 Å². The lowest BCUT2D eigenvalue weighted by molar-refractivity contribution is -0.124. The summed E-state index contributed by atoms with van der Waals surface area (Å²) in [7, 11) is 3.02. The number of fused-ring (bicyclic) bond motifs is 1. The summed E-state index contributed by atoms with van der Waals surface area (Å²) < 4.78 is 21.0. The average molecular weight is 384 g/mol. The predicted octanol–water partition coefficient (Wildman–Crippen LogP) is 3.42. The number of carbonyl (C=O) groups is 2. The number of methoxy groups -OCH3 is 2. The SMILES string of the molecule is CCC(OC(=O)c1cccc2ocnc12)C(=O)Nc1ccc(OC)cc1OC. The molecule has 1 aromatic heterocycles. The van der Waals surface area contributed by atoms with Gasteiger partial charge in [0.25, 0.3) is 5.91 Å². The van der Waals surface area contributed by atoms with Crippen molar-refractivity contribution >= 4 is 28.7 Å². The lowest BCUT2D eigenvalue weighted by Crippen LogP contribution is -2.32. The van der Waals surface area contributed by atoms with Crippen molar-refractivity contribution in [2.24, 2.45) is 0 Å². The first-order valence-corrected chi connectivity index (χ1v) is 8.63. The Morgan fingerprint density at radius 1 is 1.18 bits per heavy atom. The summed E-state index contributed by atoms with van der Waals surface area (Å²) in [6, 6.07) is 9.92. The molecule has 1 atom stereocenters. The largest absolute Gasteiger partial charge is 0.497 e. The van der Waals surface area contributed by atoms with Crippen LogP contribution in [0, 0.1) is 0 Å². The molecule has 1 amide bonds. The first kappa shape index (κ1) is 19.2. The van der Waals surface area contributed by atoms with Crippen molar-refractivity contribution in [1.29, 1.82) is 0 Å². The average Bonchev–Trinajstić information content (AvgIpc) is 3.20. The number of hydrogen-bond acceptors (Lipinski definition) is 7. The van der Waals surface area contributed by atoms with Crippen LogP contribution in [0.15, 0.2) is 47.2 Å². The fraction of sp³-hybridized carbons (Fsp3) is 0.250. The molecule has 0 bridgehead atoms. The minimum absolute atomic E-state index is 0.236. The summed E-state index contributed by atoms with van der Waals surface area (Å²) in [5, 5.41) is 2.72. The van der Waals surface area contributed by atoms with E-state index in [0.717, 1.165) is 0 Å². The molecule has 2 aromatic carbocycles. The van der Waals surface area contributed by atoms with Crippen molar-refractivity contribution in [2.45, 2.75) is 19.4 Å². The molecule has 1 heterocycles. The molecule has 1 unspecified atom stereocenters.